The monoisotopic (exact) mass is 458 g/mol. The van der Waals surface area contributed by atoms with Crippen molar-refractivity contribution >= 4 is 22.9 Å². The Morgan fingerprint density at radius 1 is 1.29 bits per heavy atom. The van der Waals surface area contributed by atoms with Crippen LogP contribution in [0.2, 0.25) is 5.02 Å². The van der Waals surface area contributed by atoms with E-state index in [0.29, 0.717) is 33.9 Å². The number of hydrogen-bond donors (Lipinski definition) is 1. The highest BCUT2D eigenvalue weighted by atomic mass is 35.5. The van der Waals surface area contributed by atoms with E-state index in [1.165, 1.54) is 29.8 Å². The third-order valence-electron chi connectivity index (χ3n) is 5.39. The molecule has 4 heterocycles. The molecule has 0 saturated carbocycles. The molecule has 0 bridgehead atoms. The fourth-order valence-electron chi connectivity index (χ4n) is 3.77. The van der Waals surface area contributed by atoms with E-state index in [1.807, 2.05) is 6.92 Å². The van der Waals surface area contributed by atoms with Crippen LogP contribution in [-0.4, -0.2) is 38.0 Å². The van der Waals surface area contributed by atoms with Crippen molar-refractivity contribution in [1.82, 2.24) is 30.2 Å². The molecular weight excluding hydrogens is 439 g/mol. The highest BCUT2D eigenvalue weighted by Crippen LogP contribution is 2.32. The minimum absolute atomic E-state index is 0.292. The second-order valence-electron chi connectivity index (χ2n) is 7.61. The van der Waals surface area contributed by atoms with E-state index in [9.17, 15) is 4.39 Å². The summed E-state index contributed by atoms with van der Waals surface area (Å²) in [5.41, 5.74) is 1.69. The van der Waals surface area contributed by atoms with Crippen LogP contribution >= 0.6 is 22.9 Å². The molecule has 0 radical (unpaired) electrons. The second-order valence-corrected chi connectivity index (χ2v) is 9.13. The number of nitrogens with zero attached hydrogens (tertiary/aromatic N) is 5. The summed E-state index contributed by atoms with van der Waals surface area (Å²) in [5, 5.41) is 13.0. The minimum atomic E-state index is -0.457. The number of hydrogen-bond acceptors (Lipinski definition) is 7. The Bertz CT molecular complexity index is 1210. The summed E-state index contributed by atoms with van der Waals surface area (Å²) >= 11 is 7.47. The second kappa shape index (κ2) is 8.49. The van der Waals surface area contributed by atoms with Crippen molar-refractivity contribution in [3.63, 3.8) is 0 Å². The third-order valence-corrected chi connectivity index (χ3v) is 6.75. The summed E-state index contributed by atoms with van der Waals surface area (Å²) in [6, 6.07) is 4.70. The number of halogens is 2. The molecular formula is C21H20ClFN6OS. The predicted molar refractivity (Wildman–Crippen MR) is 117 cm³/mol. The first-order chi connectivity index (χ1) is 15.1. The molecule has 1 aromatic carbocycles. The Morgan fingerprint density at radius 3 is 2.87 bits per heavy atom. The molecule has 4 aromatic rings. The number of piperidine rings is 1. The van der Waals surface area contributed by atoms with Gasteiger partial charge in [-0.1, -0.05) is 16.8 Å². The maximum Gasteiger partial charge on any atom is 0.270 e. The number of nitrogens with one attached hydrogen (secondary N) is 1. The van der Waals surface area contributed by atoms with Crippen molar-refractivity contribution in [2.24, 2.45) is 5.92 Å². The normalized spacial score (nSPS) is 14.9. The van der Waals surface area contributed by atoms with Crippen molar-refractivity contribution in [3.8, 4) is 27.8 Å². The molecule has 31 heavy (non-hydrogen) atoms. The minimum Gasteiger partial charge on any atom is -0.333 e. The van der Waals surface area contributed by atoms with Crippen molar-refractivity contribution in [2.45, 2.75) is 26.2 Å². The maximum absolute atomic E-state index is 14.6. The number of thiazole rings is 1. The zero-order valence-electron chi connectivity index (χ0n) is 16.8. The first-order valence-corrected chi connectivity index (χ1v) is 11.3. The Labute approximate surface area is 187 Å². The molecule has 1 fully saturated rings. The zero-order chi connectivity index (χ0) is 21.4. The van der Waals surface area contributed by atoms with Gasteiger partial charge >= 0.3 is 0 Å². The molecule has 1 N–H and O–H groups in total. The molecule has 1 saturated heterocycles. The van der Waals surface area contributed by atoms with Crippen LogP contribution in [0.5, 0.6) is 0 Å². The van der Waals surface area contributed by atoms with Crippen LogP contribution in [0.25, 0.3) is 27.8 Å². The van der Waals surface area contributed by atoms with E-state index >= 15 is 0 Å². The summed E-state index contributed by atoms with van der Waals surface area (Å²) in [4.78, 5) is 10.1. The molecule has 0 unspecified atom stereocenters. The summed E-state index contributed by atoms with van der Waals surface area (Å²) in [5.74, 6) is 0.933. The lowest BCUT2D eigenvalue weighted by Crippen LogP contribution is -2.28. The Kier molecular flexibility index (Phi) is 5.56. The molecule has 10 heteroatoms. The van der Waals surface area contributed by atoms with Gasteiger partial charge in [-0.15, -0.1) is 11.3 Å². The molecule has 0 aliphatic carbocycles. The molecule has 0 atom stereocenters. The van der Waals surface area contributed by atoms with Crippen molar-refractivity contribution in [2.75, 3.05) is 13.1 Å². The van der Waals surface area contributed by atoms with Gasteiger partial charge in [0, 0.05) is 18.2 Å². The van der Waals surface area contributed by atoms with Gasteiger partial charge in [-0.2, -0.15) is 10.1 Å². The van der Waals surface area contributed by atoms with Crippen LogP contribution in [0.15, 0.2) is 35.1 Å². The molecule has 7 nitrogen and oxygen atoms in total. The Hall–Kier alpha value is -2.62. The highest BCUT2D eigenvalue weighted by Gasteiger charge is 2.21. The van der Waals surface area contributed by atoms with Crippen LogP contribution < -0.4 is 5.32 Å². The standard InChI is InChI=1S/C21H20ClFN6OS/c1-12-19(31-18(26-12)8-13-4-6-24-7-5-13)21-27-20(28-30-21)14-2-3-17(16(23)9-14)29-11-15(22)10-25-29/h2-3,9-11,13,24H,4-8H2,1H3. The number of aromatic nitrogens is 5. The zero-order valence-corrected chi connectivity index (χ0v) is 18.4. The summed E-state index contributed by atoms with van der Waals surface area (Å²) in [6.07, 6.45) is 6.31. The molecule has 1 aliphatic heterocycles. The van der Waals surface area contributed by atoms with E-state index in [-0.39, 0.29) is 0 Å². The van der Waals surface area contributed by atoms with Crippen LogP contribution in [0.3, 0.4) is 0 Å². The number of rotatable bonds is 5. The van der Waals surface area contributed by atoms with E-state index in [2.05, 4.69) is 20.6 Å². The van der Waals surface area contributed by atoms with E-state index < -0.39 is 5.82 Å². The summed E-state index contributed by atoms with van der Waals surface area (Å²) in [6.45, 7) is 4.08. The first-order valence-electron chi connectivity index (χ1n) is 10.1. The van der Waals surface area contributed by atoms with Gasteiger partial charge < -0.3 is 9.84 Å². The van der Waals surface area contributed by atoms with Crippen molar-refractivity contribution in [1.29, 1.82) is 0 Å². The van der Waals surface area contributed by atoms with Gasteiger partial charge in [-0.3, -0.25) is 0 Å². The lowest BCUT2D eigenvalue weighted by atomic mass is 9.95. The van der Waals surface area contributed by atoms with Gasteiger partial charge in [0.1, 0.15) is 16.4 Å². The van der Waals surface area contributed by atoms with Gasteiger partial charge in [0.05, 0.1) is 21.9 Å². The van der Waals surface area contributed by atoms with Crippen molar-refractivity contribution < 1.29 is 8.91 Å². The van der Waals surface area contributed by atoms with Gasteiger partial charge in [-0.05, 0) is 57.0 Å². The maximum atomic E-state index is 14.6. The molecule has 1 aliphatic rings. The van der Waals surface area contributed by atoms with E-state index in [4.69, 9.17) is 21.1 Å². The molecule has 3 aromatic heterocycles. The van der Waals surface area contributed by atoms with E-state index in [0.717, 1.165) is 35.1 Å². The van der Waals surface area contributed by atoms with Crippen LogP contribution in [0, 0.1) is 18.7 Å². The topological polar surface area (TPSA) is 81.7 Å². The number of aryl methyl sites for hydroxylation is 1. The molecule has 5 rings (SSSR count). The molecule has 160 valence electrons. The van der Waals surface area contributed by atoms with Crippen molar-refractivity contribution in [3.05, 3.63) is 52.1 Å². The lowest BCUT2D eigenvalue weighted by molar-refractivity contribution is 0.372. The largest absolute Gasteiger partial charge is 0.333 e. The fraction of sp³-hybridized carbons (Fsp3) is 0.333. The Balaban J connectivity index is 1.37. The fourth-order valence-corrected chi connectivity index (χ4v) is 5.01. The van der Waals surface area contributed by atoms with E-state index in [1.54, 1.807) is 29.7 Å². The smallest absolute Gasteiger partial charge is 0.270 e. The number of benzene rings is 1. The van der Waals surface area contributed by atoms with Gasteiger partial charge in [0.25, 0.3) is 5.89 Å². The van der Waals surface area contributed by atoms with Crippen LogP contribution in [-0.2, 0) is 6.42 Å². The van der Waals surface area contributed by atoms with Gasteiger partial charge in [0.15, 0.2) is 0 Å². The average Bonchev–Trinajstić information content (AvgIpc) is 3.49. The quantitative estimate of drug-likeness (QED) is 0.467. The summed E-state index contributed by atoms with van der Waals surface area (Å²) < 4.78 is 21.5. The Morgan fingerprint density at radius 2 is 2.13 bits per heavy atom. The SMILES string of the molecule is Cc1nc(CC2CCNCC2)sc1-c1nc(-c2ccc(-n3cc(Cl)cn3)c(F)c2)no1. The van der Waals surface area contributed by atoms with Gasteiger partial charge in [0.2, 0.25) is 5.82 Å². The summed E-state index contributed by atoms with van der Waals surface area (Å²) in [7, 11) is 0. The first kappa shape index (κ1) is 20.3. The lowest BCUT2D eigenvalue weighted by Gasteiger charge is -2.21. The van der Waals surface area contributed by atoms with Crippen LogP contribution in [0.4, 0.5) is 4.39 Å². The van der Waals surface area contributed by atoms with Gasteiger partial charge in [-0.25, -0.2) is 14.1 Å². The molecule has 0 spiro atoms. The highest BCUT2D eigenvalue weighted by molar-refractivity contribution is 7.15. The predicted octanol–water partition coefficient (Wildman–Crippen LogP) is 4.69. The van der Waals surface area contributed by atoms with Crippen LogP contribution in [0.1, 0.15) is 23.5 Å². The third kappa shape index (κ3) is 4.26. The molecule has 0 amide bonds. The average molecular weight is 459 g/mol.